The molecule has 1 fully saturated rings. The molecule has 3 heterocycles. The van der Waals surface area contributed by atoms with Gasteiger partial charge >= 0.3 is 0 Å². The highest BCUT2D eigenvalue weighted by Crippen LogP contribution is 2.39. The molecule has 8 nitrogen and oxygen atoms in total. The van der Waals surface area contributed by atoms with Crippen LogP contribution in [0.2, 0.25) is 0 Å². The van der Waals surface area contributed by atoms with Crippen molar-refractivity contribution in [2.75, 3.05) is 29.3 Å². The number of sulfonamides is 1. The van der Waals surface area contributed by atoms with Crippen molar-refractivity contribution in [2.45, 2.75) is 39.0 Å². The molecular weight excluding hydrogens is 475 g/mol. The van der Waals surface area contributed by atoms with Gasteiger partial charge in [-0.15, -0.1) is 11.3 Å². The molecule has 4 rings (SSSR count). The van der Waals surface area contributed by atoms with Gasteiger partial charge < -0.3 is 11.1 Å². The number of thiazole rings is 1. The molecule has 34 heavy (non-hydrogen) atoms. The van der Waals surface area contributed by atoms with E-state index in [0.29, 0.717) is 28.6 Å². The van der Waals surface area contributed by atoms with Crippen LogP contribution >= 0.6 is 11.3 Å². The topological polar surface area (TPSA) is 123 Å². The van der Waals surface area contributed by atoms with Crippen LogP contribution in [-0.2, 0) is 16.4 Å². The summed E-state index contributed by atoms with van der Waals surface area (Å²) in [5.74, 6) is 0.00902. The van der Waals surface area contributed by atoms with Crippen LogP contribution in [0.3, 0.4) is 0 Å². The number of benzene rings is 1. The molecule has 0 unspecified atom stereocenters. The molecule has 1 aliphatic rings. The van der Waals surface area contributed by atoms with E-state index >= 15 is 4.39 Å². The zero-order chi connectivity index (χ0) is 24.1. The first-order valence-corrected chi connectivity index (χ1v) is 13.9. The highest BCUT2D eigenvalue weighted by atomic mass is 32.2. The van der Waals surface area contributed by atoms with Gasteiger partial charge in [-0.3, -0.25) is 4.72 Å². The van der Waals surface area contributed by atoms with E-state index in [4.69, 9.17) is 10.7 Å². The number of nitrogens with zero attached hydrogens (tertiary/aromatic N) is 3. The third-order valence-corrected chi connectivity index (χ3v) is 8.41. The third-order valence-electron chi connectivity index (χ3n) is 5.80. The summed E-state index contributed by atoms with van der Waals surface area (Å²) in [6.07, 6.45) is 6.07. The molecular formula is C23H29FN6O2S2. The molecule has 0 radical (unpaired) electrons. The number of halogens is 1. The minimum absolute atomic E-state index is 0.0837. The monoisotopic (exact) mass is 504 g/mol. The molecule has 11 heteroatoms. The highest BCUT2D eigenvalue weighted by molar-refractivity contribution is 7.92. The van der Waals surface area contributed by atoms with Gasteiger partial charge in [-0.2, -0.15) is 0 Å². The molecule has 3 aromatic rings. The summed E-state index contributed by atoms with van der Waals surface area (Å²) >= 11 is 1.46. The summed E-state index contributed by atoms with van der Waals surface area (Å²) in [5, 5.41) is 4.27. The number of aromatic nitrogens is 3. The largest absolute Gasteiger partial charge is 0.368 e. The second-order valence-corrected chi connectivity index (χ2v) is 11.3. The van der Waals surface area contributed by atoms with Crippen molar-refractivity contribution in [3.8, 4) is 21.8 Å². The van der Waals surface area contributed by atoms with E-state index in [0.717, 1.165) is 43.8 Å². The van der Waals surface area contributed by atoms with Gasteiger partial charge in [0.25, 0.3) is 0 Å². The van der Waals surface area contributed by atoms with Gasteiger partial charge in [0.15, 0.2) is 5.82 Å². The predicted octanol–water partition coefficient (Wildman–Crippen LogP) is 4.07. The molecule has 2 aromatic heterocycles. The van der Waals surface area contributed by atoms with Gasteiger partial charge in [0.05, 0.1) is 32.7 Å². The SMILES string of the molecule is CCCS(=O)(=O)Nc1cccc(-c2nc(CCC3CCNCC3)sc2-c2ccnc(N)n2)c1F. The second kappa shape index (κ2) is 10.7. The zero-order valence-electron chi connectivity index (χ0n) is 19.1. The van der Waals surface area contributed by atoms with E-state index < -0.39 is 15.8 Å². The lowest BCUT2D eigenvalue weighted by Crippen LogP contribution is -2.27. The smallest absolute Gasteiger partial charge is 0.232 e. The average molecular weight is 505 g/mol. The summed E-state index contributed by atoms with van der Waals surface area (Å²) < 4.78 is 42.4. The molecule has 0 saturated carbocycles. The summed E-state index contributed by atoms with van der Waals surface area (Å²) in [6, 6.07) is 6.36. The maximum atomic E-state index is 15.6. The Bertz CT molecular complexity index is 1240. The standard InChI is InChI=1S/C23H29FN6O2S2/c1-2-14-34(31,32)30-17-5-3-4-16(20(17)24)21-22(18-10-13-27-23(25)28-18)33-19(29-21)7-6-15-8-11-26-12-9-15/h3-5,10,13,15,26,30H,2,6-9,11-12,14H2,1H3,(H2,25,27,28). The van der Waals surface area contributed by atoms with Crippen LogP contribution in [0.5, 0.6) is 0 Å². The third kappa shape index (κ3) is 5.89. The maximum absolute atomic E-state index is 15.6. The molecule has 1 aromatic carbocycles. The Morgan fingerprint density at radius 3 is 2.76 bits per heavy atom. The van der Waals surface area contributed by atoms with Crippen molar-refractivity contribution in [3.63, 3.8) is 0 Å². The summed E-state index contributed by atoms with van der Waals surface area (Å²) in [4.78, 5) is 13.8. The van der Waals surface area contributed by atoms with Gasteiger partial charge in [-0.1, -0.05) is 13.0 Å². The Balaban J connectivity index is 1.71. The van der Waals surface area contributed by atoms with Gasteiger partial charge in [0.1, 0.15) is 0 Å². The Morgan fingerprint density at radius 2 is 2.03 bits per heavy atom. The van der Waals surface area contributed by atoms with Crippen LogP contribution < -0.4 is 15.8 Å². The first-order chi connectivity index (χ1) is 16.4. The molecule has 0 amide bonds. The normalized spacial score (nSPS) is 14.9. The van der Waals surface area contributed by atoms with E-state index in [2.05, 4.69) is 20.0 Å². The molecule has 0 aliphatic carbocycles. The summed E-state index contributed by atoms with van der Waals surface area (Å²) in [7, 11) is -3.64. The fraction of sp³-hybridized carbons (Fsp3) is 0.435. The molecule has 0 bridgehead atoms. The van der Waals surface area contributed by atoms with E-state index in [1.807, 2.05) is 0 Å². The Kier molecular flexibility index (Phi) is 7.74. The Morgan fingerprint density at radius 1 is 1.24 bits per heavy atom. The van der Waals surface area contributed by atoms with Gasteiger partial charge in [0.2, 0.25) is 16.0 Å². The van der Waals surface area contributed by atoms with Crippen molar-refractivity contribution in [1.29, 1.82) is 0 Å². The van der Waals surface area contributed by atoms with Crippen LogP contribution in [-0.4, -0.2) is 42.2 Å². The van der Waals surface area contributed by atoms with Crippen LogP contribution in [0.1, 0.15) is 37.6 Å². The Hall–Kier alpha value is -2.63. The Labute approximate surface area is 203 Å². The van der Waals surface area contributed by atoms with E-state index in [9.17, 15) is 8.42 Å². The zero-order valence-corrected chi connectivity index (χ0v) is 20.7. The lowest BCUT2D eigenvalue weighted by molar-refractivity contribution is 0.354. The van der Waals surface area contributed by atoms with Crippen molar-refractivity contribution < 1.29 is 12.8 Å². The molecule has 182 valence electrons. The number of rotatable bonds is 9. The maximum Gasteiger partial charge on any atom is 0.232 e. The molecule has 1 aliphatic heterocycles. The average Bonchev–Trinajstić information content (AvgIpc) is 3.24. The summed E-state index contributed by atoms with van der Waals surface area (Å²) in [6.45, 7) is 3.82. The van der Waals surface area contributed by atoms with Gasteiger partial charge in [-0.05, 0) is 69.3 Å². The van der Waals surface area contributed by atoms with E-state index in [1.54, 1.807) is 31.3 Å². The van der Waals surface area contributed by atoms with Gasteiger partial charge in [0, 0.05) is 11.8 Å². The fourth-order valence-electron chi connectivity index (χ4n) is 4.11. The number of aryl methyl sites for hydroxylation is 1. The molecule has 4 N–H and O–H groups in total. The molecule has 0 atom stereocenters. The first kappa shape index (κ1) is 24.5. The van der Waals surface area contributed by atoms with Crippen LogP contribution in [0.25, 0.3) is 21.8 Å². The second-order valence-electron chi connectivity index (χ2n) is 8.41. The van der Waals surface area contributed by atoms with Crippen LogP contribution in [0.4, 0.5) is 16.0 Å². The fourth-order valence-corrected chi connectivity index (χ4v) is 6.30. The minimum Gasteiger partial charge on any atom is -0.368 e. The van der Waals surface area contributed by atoms with E-state index in [-0.39, 0.29) is 23.0 Å². The first-order valence-electron chi connectivity index (χ1n) is 11.4. The number of anilines is 2. The van der Waals surface area contributed by atoms with Crippen molar-refractivity contribution >= 4 is 33.0 Å². The number of nitrogens with one attached hydrogen (secondary N) is 2. The number of nitrogens with two attached hydrogens (primary N) is 1. The van der Waals surface area contributed by atoms with Crippen molar-refractivity contribution in [3.05, 3.63) is 41.3 Å². The quantitative estimate of drug-likeness (QED) is 0.401. The lowest BCUT2D eigenvalue weighted by Gasteiger charge is -2.21. The molecule has 0 spiro atoms. The number of nitrogen functional groups attached to an aromatic ring is 1. The summed E-state index contributed by atoms with van der Waals surface area (Å²) in [5.41, 5.74) is 6.91. The van der Waals surface area contributed by atoms with Crippen molar-refractivity contribution in [2.24, 2.45) is 5.92 Å². The highest BCUT2D eigenvalue weighted by Gasteiger charge is 2.23. The lowest BCUT2D eigenvalue weighted by atomic mass is 9.93. The minimum atomic E-state index is -3.64. The predicted molar refractivity (Wildman–Crippen MR) is 135 cm³/mol. The molecule has 1 saturated heterocycles. The number of hydrogen-bond donors (Lipinski definition) is 3. The van der Waals surface area contributed by atoms with Crippen LogP contribution in [0.15, 0.2) is 30.5 Å². The van der Waals surface area contributed by atoms with Gasteiger partial charge in [-0.25, -0.2) is 27.8 Å². The number of piperidine rings is 1. The van der Waals surface area contributed by atoms with Crippen molar-refractivity contribution in [1.82, 2.24) is 20.3 Å². The van der Waals surface area contributed by atoms with E-state index in [1.165, 1.54) is 17.4 Å². The van der Waals surface area contributed by atoms with Crippen LogP contribution in [0, 0.1) is 11.7 Å². The number of hydrogen-bond acceptors (Lipinski definition) is 8.